The van der Waals surface area contributed by atoms with E-state index in [1.807, 2.05) is 19.1 Å². The number of benzene rings is 1. The predicted molar refractivity (Wildman–Crippen MR) is 86.0 cm³/mol. The van der Waals surface area contributed by atoms with Gasteiger partial charge in [0.25, 0.3) is 0 Å². The van der Waals surface area contributed by atoms with Crippen LogP contribution >= 0.6 is 11.6 Å². The minimum Gasteiger partial charge on any atom is -0.494 e. The maximum absolute atomic E-state index is 6.36. The Balaban J connectivity index is 2.12. The first-order valence-corrected chi connectivity index (χ1v) is 7.68. The summed E-state index contributed by atoms with van der Waals surface area (Å²) in [6.07, 6.45) is 0. The van der Waals surface area contributed by atoms with Crippen molar-refractivity contribution in [2.75, 3.05) is 45.3 Å². The summed E-state index contributed by atoms with van der Waals surface area (Å²) in [5.74, 6) is 1.67. The van der Waals surface area contributed by atoms with Crippen molar-refractivity contribution in [3.63, 3.8) is 0 Å². The Hall–Kier alpha value is -1.46. The standard InChI is InChI=1S/C15H21ClN4O/c1-11(16)15-17-14-12(5-4-6-13(14)21-3)20(15)19-9-7-18(2)8-10-19/h4-6,11H,7-10H2,1-3H3. The van der Waals surface area contributed by atoms with Crippen LogP contribution in [0.2, 0.25) is 0 Å². The fourth-order valence-electron chi connectivity index (χ4n) is 2.79. The molecule has 6 heteroatoms. The first kappa shape index (κ1) is 14.5. The second-order valence-corrected chi connectivity index (χ2v) is 6.14. The molecule has 2 aromatic rings. The number of methoxy groups -OCH3 is 1. The first-order valence-electron chi connectivity index (χ1n) is 7.25. The number of alkyl halides is 1. The number of piperazine rings is 1. The Morgan fingerprint density at radius 1 is 1.24 bits per heavy atom. The summed E-state index contributed by atoms with van der Waals surface area (Å²) in [4.78, 5) is 7.06. The van der Waals surface area contributed by atoms with Gasteiger partial charge in [-0.2, -0.15) is 0 Å². The van der Waals surface area contributed by atoms with Gasteiger partial charge in [-0.3, -0.25) is 0 Å². The summed E-state index contributed by atoms with van der Waals surface area (Å²) in [5, 5.41) is 2.17. The monoisotopic (exact) mass is 308 g/mol. The first-order chi connectivity index (χ1) is 10.1. The number of imidazole rings is 1. The number of fused-ring (bicyclic) bond motifs is 1. The van der Waals surface area contributed by atoms with Crippen LogP contribution in [0.4, 0.5) is 0 Å². The highest BCUT2D eigenvalue weighted by Gasteiger charge is 2.23. The van der Waals surface area contributed by atoms with Crippen LogP contribution < -0.4 is 9.75 Å². The van der Waals surface area contributed by atoms with E-state index in [1.54, 1.807) is 7.11 Å². The number of rotatable bonds is 3. The van der Waals surface area contributed by atoms with E-state index in [0.717, 1.165) is 48.8 Å². The van der Waals surface area contributed by atoms with E-state index in [0.29, 0.717) is 0 Å². The molecule has 21 heavy (non-hydrogen) atoms. The van der Waals surface area contributed by atoms with Crippen molar-refractivity contribution < 1.29 is 4.74 Å². The van der Waals surface area contributed by atoms with Gasteiger partial charge in [-0.1, -0.05) is 6.07 Å². The van der Waals surface area contributed by atoms with Gasteiger partial charge in [0.1, 0.15) is 17.1 Å². The number of nitrogens with zero attached hydrogens (tertiary/aromatic N) is 4. The van der Waals surface area contributed by atoms with Crippen molar-refractivity contribution in [3.8, 4) is 5.75 Å². The van der Waals surface area contributed by atoms with Gasteiger partial charge in [-0.05, 0) is 26.1 Å². The van der Waals surface area contributed by atoms with Crippen molar-refractivity contribution in [1.82, 2.24) is 14.6 Å². The molecular formula is C15H21ClN4O. The fraction of sp³-hybridized carbons (Fsp3) is 0.533. The summed E-state index contributed by atoms with van der Waals surface area (Å²) in [7, 11) is 3.82. The summed E-state index contributed by atoms with van der Waals surface area (Å²) in [6.45, 7) is 5.98. The van der Waals surface area contributed by atoms with Gasteiger partial charge in [-0.25, -0.2) is 9.66 Å². The molecular weight excluding hydrogens is 288 g/mol. The predicted octanol–water partition coefficient (Wildman–Crippen LogP) is 2.23. The van der Waals surface area contributed by atoms with Crippen LogP contribution in [0.5, 0.6) is 5.75 Å². The van der Waals surface area contributed by atoms with E-state index in [4.69, 9.17) is 21.3 Å². The molecule has 3 rings (SSSR count). The normalized spacial score (nSPS) is 18.2. The molecule has 5 nitrogen and oxygen atoms in total. The molecule has 0 amide bonds. The van der Waals surface area contributed by atoms with Crippen LogP contribution in [0.25, 0.3) is 11.0 Å². The molecule has 0 spiro atoms. The van der Waals surface area contributed by atoms with Crippen molar-refractivity contribution in [1.29, 1.82) is 0 Å². The van der Waals surface area contributed by atoms with Gasteiger partial charge in [0.2, 0.25) is 0 Å². The number of aromatic nitrogens is 2. The maximum Gasteiger partial charge on any atom is 0.146 e. The van der Waals surface area contributed by atoms with Gasteiger partial charge < -0.3 is 14.6 Å². The lowest BCUT2D eigenvalue weighted by molar-refractivity contribution is 0.287. The third-order valence-electron chi connectivity index (χ3n) is 3.99. The fourth-order valence-corrected chi connectivity index (χ4v) is 2.94. The summed E-state index contributed by atoms with van der Waals surface area (Å²) >= 11 is 6.36. The molecule has 1 aromatic heterocycles. The Kier molecular flexibility index (Phi) is 3.95. The molecule has 0 N–H and O–H groups in total. The summed E-state index contributed by atoms with van der Waals surface area (Å²) < 4.78 is 7.60. The Morgan fingerprint density at radius 2 is 1.95 bits per heavy atom. The summed E-state index contributed by atoms with van der Waals surface area (Å²) in [6, 6.07) is 6.01. The number of halogens is 1. The van der Waals surface area contributed by atoms with Gasteiger partial charge in [0, 0.05) is 26.2 Å². The van der Waals surface area contributed by atoms with E-state index in [1.165, 1.54) is 0 Å². The third kappa shape index (κ3) is 2.56. The van der Waals surface area contributed by atoms with E-state index in [-0.39, 0.29) is 5.38 Å². The van der Waals surface area contributed by atoms with Gasteiger partial charge in [0.15, 0.2) is 0 Å². The molecule has 2 heterocycles. The van der Waals surface area contributed by atoms with E-state index >= 15 is 0 Å². The molecule has 1 aliphatic rings. The van der Waals surface area contributed by atoms with E-state index in [9.17, 15) is 0 Å². The highest BCUT2D eigenvalue weighted by molar-refractivity contribution is 6.20. The lowest BCUT2D eigenvalue weighted by Gasteiger charge is -2.35. The lowest BCUT2D eigenvalue weighted by atomic mass is 10.3. The van der Waals surface area contributed by atoms with Crippen LogP contribution in [0.1, 0.15) is 18.1 Å². The SMILES string of the molecule is COc1cccc2c1nc(C(C)Cl)n2N1CCN(C)CC1. The second-order valence-electron chi connectivity index (χ2n) is 5.48. The highest BCUT2D eigenvalue weighted by atomic mass is 35.5. The highest BCUT2D eigenvalue weighted by Crippen LogP contribution is 2.30. The van der Waals surface area contributed by atoms with Crippen LogP contribution in [0, 0.1) is 0 Å². The molecule has 0 saturated carbocycles. The molecule has 1 atom stereocenters. The van der Waals surface area contributed by atoms with Crippen molar-refractivity contribution in [2.24, 2.45) is 0 Å². The molecule has 0 radical (unpaired) electrons. The zero-order valence-electron chi connectivity index (χ0n) is 12.7. The van der Waals surface area contributed by atoms with E-state index < -0.39 is 0 Å². The topological polar surface area (TPSA) is 33.5 Å². The van der Waals surface area contributed by atoms with E-state index in [2.05, 4.69) is 27.7 Å². The van der Waals surface area contributed by atoms with Crippen molar-refractivity contribution >= 4 is 22.6 Å². The van der Waals surface area contributed by atoms with Crippen molar-refractivity contribution in [3.05, 3.63) is 24.0 Å². The number of para-hydroxylation sites is 1. The molecule has 1 aromatic carbocycles. The lowest BCUT2D eigenvalue weighted by Crippen LogP contribution is -2.50. The number of hydrogen-bond donors (Lipinski definition) is 0. The smallest absolute Gasteiger partial charge is 0.146 e. The Bertz CT molecular complexity index is 632. The van der Waals surface area contributed by atoms with Gasteiger partial charge in [-0.15, -0.1) is 11.6 Å². The molecule has 0 aliphatic carbocycles. The number of hydrogen-bond acceptors (Lipinski definition) is 4. The Labute approximate surface area is 130 Å². The largest absolute Gasteiger partial charge is 0.494 e. The number of likely N-dealkylation sites (N-methyl/N-ethyl adjacent to an activating group) is 1. The molecule has 1 fully saturated rings. The minimum atomic E-state index is -0.151. The van der Waals surface area contributed by atoms with Gasteiger partial charge >= 0.3 is 0 Å². The molecule has 114 valence electrons. The average Bonchev–Trinajstić information content (AvgIpc) is 2.87. The maximum atomic E-state index is 6.36. The van der Waals surface area contributed by atoms with Crippen LogP contribution in [-0.4, -0.2) is 54.9 Å². The third-order valence-corrected chi connectivity index (χ3v) is 4.18. The zero-order valence-corrected chi connectivity index (χ0v) is 13.5. The molecule has 1 unspecified atom stereocenters. The minimum absolute atomic E-state index is 0.151. The Morgan fingerprint density at radius 3 is 2.57 bits per heavy atom. The van der Waals surface area contributed by atoms with Crippen LogP contribution in [-0.2, 0) is 0 Å². The quantitative estimate of drug-likeness (QED) is 0.814. The molecule has 0 bridgehead atoms. The second kappa shape index (κ2) is 5.73. The van der Waals surface area contributed by atoms with Crippen LogP contribution in [0.15, 0.2) is 18.2 Å². The molecule has 1 saturated heterocycles. The van der Waals surface area contributed by atoms with Gasteiger partial charge in [0.05, 0.1) is 18.0 Å². The molecule has 1 aliphatic heterocycles. The van der Waals surface area contributed by atoms with Crippen molar-refractivity contribution in [2.45, 2.75) is 12.3 Å². The average molecular weight is 309 g/mol. The zero-order chi connectivity index (χ0) is 15.0. The van der Waals surface area contributed by atoms with Crippen LogP contribution in [0.3, 0.4) is 0 Å². The summed E-state index contributed by atoms with van der Waals surface area (Å²) in [5.41, 5.74) is 1.93. The number of ether oxygens (including phenoxy) is 1.